The van der Waals surface area contributed by atoms with Gasteiger partial charge in [-0.3, -0.25) is 0 Å². The third-order valence-corrected chi connectivity index (χ3v) is 2.40. The highest BCUT2D eigenvalue weighted by molar-refractivity contribution is 8.06. The van der Waals surface area contributed by atoms with Crippen LogP contribution in [-0.4, -0.2) is 40.9 Å². The maximum absolute atomic E-state index is 8.72. The Morgan fingerprint density at radius 3 is 2.17 bits per heavy atom. The Balaban J connectivity index is 3.48. The van der Waals surface area contributed by atoms with Crippen LogP contribution >= 0.6 is 6.72 Å². The zero-order valence-corrected chi connectivity index (χ0v) is 9.14. The summed E-state index contributed by atoms with van der Waals surface area (Å²) in [6.07, 6.45) is 0. The highest BCUT2D eigenvalue weighted by atomic mass is 32.5. The molecule has 0 aliphatic carbocycles. The van der Waals surface area contributed by atoms with Crippen LogP contribution in [0.1, 0.15) is 13.8 Å². The van der Waals surface area contributed by atoms with E-state index in [-0.39, 0.29) is 6.61 Å². The Hall–Kier alpha value is 0.490. The van der Waals surface area contributed by atoms with Gasteiger partial charge >= 0.3 is 6.72 Å². The van der Waals surface area contributed by atoms with Crippen molar-refractivity contribution in [3.63, 3.8) is 0 Å². The second kappa shape index (κ2) is 6.02. The molecule has 0 atom stereocenters. The van der Waals surface area contributed by atoms with Crippen molar-refractivity contribution in [3.8, 4) is 0 Å². The minimum absolute atomic E-state index is 0.284. The fraction of sp³-hybridized carbons (Fsp3) is 1.00. The van der Waals surface area contributed by atoms with Crippen molar-refractivity contribution < 1.29 is 14.3 Å². The van der Waals surface area contributed by atoms with E-state index in [9.17, 15) is 0 Å². The van der Waals surface area contributed by atoms with Crippen LogP contribution < -0.4 is 0 Å². The summed E-state index contributed by atoms with van der Waals surface area (Å²) in [6.45, 7) is 3.47. The Kier molecular flexibility index (Phi) is 6.27. The summed E-state index contributed by atoms with van der Waals surface area (Å²) >= 11 is 4.29. The number of nitrogens with zero attached hydrogens (tertiary/aromatic N) is 1. The van der Waals surface area contributed by atoms with Crippen LogP contribution in [0.5, 0.6) is 0 Å². The van der Waals surface area contributed by atoms with Gasteiger partial charge in [0.1, 0.15) is 0 Å². The van der Waals surface area contributed by atoms with E-state index in [0.717, 1.165) is 13.1 Å². The first kappa shape index (κ1) is 12.5. The van der Waals surface area contributed by atoms with E-state index in [1.54, 1.807) is 0 Å². The molecule has 0 aliphatic heterocycles. The van der Waals surface area contributed by atoms with Crippen LogP contribution in [0.3, 0.4) is 0 Å². The van der Waals surface area contributed by atoms with Crippen LogP contribution in [0.2, 0.25) is 0 Å². The molecule has 0 rings (SSSR count). The summed E-state index contributed by atoms with van der Waals surface area (Å²) in [5.74, 6) is 0. The molecule has 0 spiro atoms. The minimum atomic E-state index is -3.44. The first-order chi connectivity index (χ1) is 5.49. The van der Waals surface area contributed by atoms with Crippen molar-refractivity contribution in [2.45, 2.75) is 13.8 Å². The van der Waals surface area contributed by atoms with E-state index in [1.807, 2.05) is 13.8 Å². The average Bonchev–Trinajstić information content (AvgIpc) is 1.96. The molecule has 6 heteroatoms. The molecule has 0 aromatic rings. The molecule has 2 N–H and O–H groups in total. The van der Waals surface area contributed by atoms with Crippen LogP contribution in [0.4, 0.5) is 0 Å². The quantitative estimate of drug-likeness (QED) is 0.631. The normalized spacial score (nSPS) is 12.4. The lowest BCUT2D eigenvalue weighted by Gasteiger charge is -2.18. The molecule has 4 nitrogen and oxygen atoms in total. The lowest BCUT2D eigenvalue weighted by molar-refractivity contribution is 0.198. The van der Waals surface area contributed by atoms with E-state index >= 15 is 0 Å². The molecular formula is C6H16NO3PS. The smallest absolute Gasteiger partial charge is 0.321 e. The molecule has 0 saturated heterocycles. The van der Waals surface area contributed by atoms with Gasteiger partial charge < -0.3 is 19.2 Å². The van der Waals surface area contributed by atoms with Crippen LogP contribution in [0.15, 0.2) is 0 Å². The lowest BCUT2D eigenvalue weighted by atomic mass is 10.5. The van der Waals surface area contributed by atoms with Gasteiger partial charge in [0.15, 0.2) is 0 Å². The third kappa shape index (κ3) is 7.16. The topological polar surface area (TPSA) is 52.9 Å². The van der Waals surface area contributed by atoms with Crippen molar-refractivity contribution in [2.24, 2.45) is 0 Å². The monoisotopic (exact) mass is 213 g/mol. The second-order valence-corrected chi connectivity index (χ2v) is 5.02. The van der Waals surface area contributed by atoms with Gasteiger partial charge in [0.25, 0.3) is 0 Å². The number of hydrogen-bond acceptors (Lipinski definition) is 3. The van der Waals surface area contributed by atoms with E-state index in [2.05, 4.69) is 21.2 Å². The molecule has 74 valence electrons. The van der Waals surface area contributed by atoms with E-state index in [4.69, 9.17) is 9.79 Å². The zero-order valence-electron chi connectivity index (χ0n) is 7.43. The Morgan fingerprint density at radius 2 is 1.83 bits per heavy atom. The predicted molar refractivity (Wildman–Crippen MR) is 52.5 cm³/mol. The number of hydrogen-bond donors (Lipinski definition) is 2. The largest absolute Gasteiger partial charge is 0.325 e. The molecule has 0 unspecified atom stereocenters. The van der Waals surface area contributed by atoms with Gasteiger partial charge in [-0.2, -0.15) is 0 Å². The van der Waals surface area contributed by atoms with Gasteiger partial charge in [0.2, 0.25) is 0 Å². The van der Waals surface area contributed by atoms with Gasteiger partial charge in [-0.15, -0.1) is 0 Å². The Morgan fingerprint density at radius 1 is 1.33 bits per heavy atom. The molecule has 0 aromatic carbocycles. The van der Waals surface area contributed by atoms with Gasteiger partial charge in [0.05, 0.1) is 6.61 Å². The Bertz CT molecular complexity index is 157. The SMILES string of the molecule is CCN(CC)CCOP(O)(O)=S. The standard InChI is InChI=1S/C6H16NO3PS/c1-3-7(4-2)5-6-10-11(8,9)12/h3-6H2,1-2H3,(H2,8,9,12). The fourth-order valence-electron chi connectivity index (χ4n) is 0.829. The first-order valence-electron chi connectivity index (χ1n) is 3.92. The molecule has 0 saturated carbocycles. The minimum Gasteiger partial charge on any atom is -0.325 e. The van der Waals surface area contributed by atoms with Gasteiger partial charge in [-0.25, -0.2) is 0 Å². The maximum atomic E-state index is 8.72. The van der Waals surface area contributed by atoms with Crippen LogP contribution in [0.25, 0.3) is 0 Å². The zero-order chi connectivity index (χ0) is 9.61. The third-order valence-electron chi connectivity index (χ3n) is 1.56. The van der Waals surface area contributed by atoms with Crippen molar-refractivity contribution >= 4 is 18.5 Å². The summed E-state index contributed by atoms with van der Waals surface area (Å²) in [5.41, 5.74) is 0. The van der Waals surface area contributed by atoms with E-state index in [1.165, 1.54) is 0 Å². The molecule has 0 amide bonds. The van der Waals surface area contributed by atoms with Crippen molar-refractivity contribution in [3.05, 3.63) is 0 Å². The van der Waals surface area contributed by atoms with Crippen molar-refractivity contribution in [1.29, 1.82) is 0 Å². The number of likely N-dealkylation sites (N-methyl/N-ethyl adjacent to an activating group) is 1. The summed E-state index contributed by atoms with van der Waals surface area (Å²) in [4.78, 5) is 19.5. The van der Waals surface area contributed by atoms with E-state index < -0.39 is 6.72 Å². The van der Waals surface area contributed by atoms with Gasteiger partial charge in [-0.1, -0.05) is 13.8 Å². The molecule has 0 aromatic heterocycles. The molecule has 0 bridgehead atoms. The van der Waals surface area contributed by atoms with Crippen LogP contribution in [-0.2, 0) is 16.3 Å². The molecule has 0 aliphatic rings. The molecular weight excluding hydrogens is 197 g/mol. The average molecular weight is 213 g/mol. The first-order valence-corrected chi connectivity index (χ1v) is 6.54. The summed E-state index contributed by atoms with van der Waals surface area (Å²) in [6, 6.07) is 0. The van der Waals surface area contributed by atoms with E-state index in [0.29, 0.717) is 6.54 Å². The van der Waals surface area contributed by atoms with Gasteiger partial charge in [0, 0.05) is 6.54 Å². The van der Waals surface area contributed by atoms with Crippen molar-refractivity contribution in [2.75, 3.05) is 26.2 Å². The highest BCUT2D eigenvalue weighted by Crippen LogP contribution is 2.35. The molecule has 12 heavy (non-hydrogen) atoms. The second-order valence-electron chi connectivity index (χ2n) is 2.35. The lowest BCUT2D eigenvalue weighted by Crippen LogP contribution is -2.26. The Labute approximate surface area is 78.4 Å². The predicted octanol–water partition coefficient (Wildman–Crippen LogP) is 0.554. The summed E-state index contributed by atoms with van der Waals surface area (Å²) < 4.78 is 4.66. The highest BCUT2D eigenvalue weighted by Gasteiger charge is 2.07. The molecule has 0 radical (unpaired) electrons. The number of rotatable bonds is 6. The molecule has 0 fully saturated rings. The van der Waals surface area contributed by atoms with Crippen LogP contribution in [0, 0.1) is 0 Å². The maximum Gasteiger partial charge on any atom is 0.321 e. The summed E-state index contributed by atoms with van der Waals surface area (Å²) in [7, 11) is 0. The van der Waals surface area contributed by atoms with Crippen molar-refractivity contribution in [1.82, 2.24) is 4.90 Å². The fourth-order valence-corrected chi connectivity index (χ4v) is 1.37. The molecule has 0 heterocycles. The summed E-state index contributed by atoms with van der Waals surface area (Å²) in [5, 5.41) is 0. The van der Waals surface area contributed by atoms with Gasteiger partial charge in [-0.05, 0) is 24.9 Å².